The molecule has 0 aliphatic carbocycles. The van der Waals surface area contributed by atoms with Gasteiger partial charge in [0.05, 0.1) is 4.92 Å². The topological polar surface area (TPSA) is 72.2 Å². The van der Waals surface area contributed by atoms with Gasteiger partial charge in [0.1, 0.15) is 0 Å². The fourth-order valence-corrected chi connectivity index (χ4v) is 1.18. The van der Waals surface area contributed by atoms with E-state index in [4.69, 9.17) is 0 Å². The Bertz CT molecular complexity index is 448. The van der Waals surface area contributed by atoms with E-state index in [0.717, 1.165) is 12.1 Å². The van der Waals surface area contributed by atoms with E-state index in [2.05, 4.69) is 5.32 Å². The Labute approximate surface area is 97.8 Å². The average molecular weight is 240 g/mol. The van der Waals surface area contributed by atoms with Crippen LogP contribution in [0.3, 0.4) is 0 Å². The van der Waals surface area contributed by atoms with Crippen LogP contribution >= 0.6 is 0 Å². The Kier molecular flexibility index (Phi) is 4.14. The van der Waals surface area contributed by atoms with Crippen LogP contribution in [-0.4, -0.2) is 10.8 Å². The molecule has 0 spiro atoms. The molecule has 0 aromatic heterocycles. The lowest BCUT2D eigenvalue weighted by molar-refractivity contribution is -0.387. The molecule has 0 aliphatic rings. The van der Waals surface area contributed by atoms with Crippen molar-refractivity contribution in [2.75, 3.05) is 5.32 Å². The summed E-state index contributed by atoms with van der Waals surface area (Å²) in [6.07, 6.45) is 0.662. The lowest BCUT2D eigenvalue weighted by Crippen LogP contribution is -2.19. The van der Waals surface area contributed by atoms with Crippen molar-refractivity contribution in [3.63, 3.8) is 0 Å². The SMILES string of the molecule is CC[C@@H](C)C(=O)Nc1ccc(F)c([N+](=O)[O-])c1. The Hall–Kier alpha value is -1.98. The quantitative estimate of drug-likeness (QED) is 0.649. The van der Waals surface area contributed by atoms with E-state index < -0.39 is 16.4 Å². The van der Waals surface area contributed by atoms with Crippen LogP contribution in [0.2, 0.25) is 0 Å². The standard InChI is InChI=1S/C11H13FN2O3/c1-3-7(2)11(15)13-8-4-5-9(12)10(6-8)14(16)17/h4-7H,3H2,1-2H3,(H,13,15)/t7-/m1/s1. The number of carbonyl (C=O) groups excluding carboxylic acids is 1. The van der Waals surface area contributed by atoms with Gasteiger partial charge < -0.3 is 5.32 Å². The number of nitro groups is 1. The number of carbonyl (C=O) groups is 1. The summed E-state index contributed by atoms with van der Waals surface area (Å²) < 4.78 is 13.0. The molecule has 1 atom stereocenters. The Morgan fingerprint density at radius 2 is 2.24 bits per heavy atom. The molecular formula is C11H13FN2O3. The molecule has 6 heteroatoms. The number of rotatable bonds is 4. The molecule has 92 valence electrons. The normalized spacial score (nSPS) is 11.9. The minimum atomic E-state index is -0.920. The van der Waals surface area contributed by atoms with Gasteiger partial charge in [0.2, 0.25) is 11.7 Å². The molecule has 0 aliphatic heterocycles. The second-order valence-corrected chi connectivity index (χ2v) is 3.72. The molecule has 17 heavy (non-hydrogen) atoms. The van der Waals surface area contributed by atoms with Crippen LogP contribution in [0.25, 0.3) is 0 Å². The molecule has 1 amide bonds. The van der Waals surface area contributed by atoms with E-state index in [1.54, 1.807) is 6.92 Å². The highest BCUT2D eigenvalue weighted by atomic mass is 19.1. The Morgan fingerprint density at radius 3 is 2.76 bits per heavy atom. The summed E-state index contributed by atoms with van der Waals surface area (Å²) in [4.78, 5) is 21.2. The largest absolute Gasteiger partial charge is 0.326 e. The van der Waals surface area contributed by atoms with Crippen molar-refractivity contribution in [2.24, 2.45) is 5.92 Å². The first-order valence-corrected chi connectivity index (χ1v) is 5.20. The number of anilines is 1. The van der Waals surface area contributed by atoms with E-state index in [0.29, 0.717) is 6.42 Å². The monoisotopic (exact) mass is 240 g/mol. The van der Waals surface area contributed by atoms with Crippen molar-refractivity contribution < 1.29 is 14.1 Å². The number of hydrogen-bond acceptors (Lipinski definition) is 3. The summed E-state index contributed by atoms with van der Waals surface area (Å²) >= 11 is 0. The maximum atomic E-state index is 13.0. The number of amides is 1. The summed E-state index contributed by atoms with van der Waals surface area (Å²) in [5.41, 5.74) is -0.421. The predicted molar refractivity (Wildman–Crippen MR) is 61.1 cm³/mol. The number of nitro benzene ring substituents is 1. The first-order valence-electron chi connectivity index (χ1n) is 5.20. The molecular weight excluding hydrogens is 227 g/mol. The van der Waals surface area contributed by atoms with Gasteiger partial charge in [-0.25, -0.2) is 0 Å². The van der Waals surface area contributed by atoms with Crippen LogP contribution in [-0.2, 0) is 4.79 Å². The maximum Gasteiger partial charge on any atom is 0.306 e. The molecule has 0 heterocycles. The van der Waals surface area contributed by atoms with Crippen LogP contribution in [0.4, 0.5) is 15.8 Å². The number of nitrogens with one attached hydrogen (secondary N) is 1. The van der Waals surface area contributed by atoms with E-state index in [-0.39, 0.29) is 17.5 Å². The molecule has 1 aromatic carbocycles. The van der Waals surface area contributed by atoms with E-state index in [1.165, 1.54) is 6.07 Å². The molecule has 1 rings (SSSR count). The van der Waals surface area contributed by atoms with Gasteiger partial charge in [-0.05, 0) is 18.6 Å². The van der Waals surface area contributed by atoms with Gasteiger partial charge in [0.15, 0.2) is 0 Å². The summed E-state index contributed by atoms with van der Waals surface area (Å²) in [7, 11) is 0. The molecule has 1 aromatic rings. The number of nitrogens with zero attached hydrogens (tertiary/aromatic N) is 1. The summed E-state index contributed by atoms with van der Waals surface area (Å²) in [5, 5.41) is 13.0. The van der Waals surface area contributed by atoms with Gasteiger partial charge in [-0.15, -0.1) is 0 Å². The lowest BCUT2D eigenvalue weighted by atomic mass is 10.1. The van der Waals surface area contributed by atoms with Crippen LogP contribution < -0.4 is 5.32 Å². The summed E-state index contributed by atoms with van der Waals surface area (Å²) in [5.74, 6) is -1.36. The maximum absolute atomic E-state index is 13.0. The first-order chi connectivity index (χ1) is 7.95. The second-order valence-electron chi connectivity index (χ2n) is 3.72. The molecule has 0 radical (unpaired) electrons. The third-order valence-corrected chi connectivity index (χ3v) is 2.47. The zero-order chi connectivity index (χ0) is 13.0. The number of hydrogen-bond donors (Lipinski definition) is 1. The third-order valence-electron chi connectivity index (χ3n) is 2.47. The van der Waals surface area contributed by atoms with E-state index in [9.17, 15) is 19.3 Å². The second kappa shape index (κ2) is 5.38. The number of benzene rings is 1. The Morgan fingerprint density at radius 1 is 1.59 bits per heavy atom. The van der Waals surface area contributed by atoms with Crippen molar-refractivity contribution >= 4 is 17.3 Å². The highest BCUT2D eigenvalue weighted by Gasteiger charge is 2.16. The van der Waals surface area contributed by atoms with Crippen LogP contribution in [0.5, 0.6) is 0 Å². The zero-order valence-electron chi connectivity index (χ0n) is 9.57. The smallest absolute Gasteiger partial charge is 0.306 e. The Balaban J connectivity index is 2.90. The van der Waals surface area contributed by atoms with Gasteiger partial charge in [-0.2, -0.15) is 4.39 Å². The van der Waals surface area contributed by atoms with Gasteiger partial charge in [-0.3, -0.25) is 14.9 Å². The minimum Gasteiger partial charge on any atom is -0.326 e. The zero-order valence-corrected chi connectivity index (χ0v) is 9.57. The molecule has 0 bridgehead atoms. The van der Waals surface area contributed by atoms with E-state index in [1.807, 2.05) is 6.92 Å². The van der Waals surface area contributed by atoms with Gasteiger partial charge >= 0.3 is 5.69 Å². The van der Waals surface area contributed by atoms with Crippen LogP contribution in [0.1, 0.15) is 20.3 Å². The van der Waals surface area contributed by atoms with Gasteiger partial charge in [0.25, 0.3) is 0 Å². The van der Waals surface area contributed by atoms with Crippen molar-refractivity contribution in [3.8, 4) is 0 Å². The molecule has 0 fully saturated rings. The highest BCUT2D eigenvalue weighted by molar-refractivity contribution is 5.92. The predicted octanol–water partition coefficient (Wildman–Crippen LogP) is 2.72. The third kappa shape index (κ3) is 3.24. The molecule has 0 unspecified atom stereocenters. The first kappa shape index (κ1) is 13.1. The van der Waals surface area contributed by atoms with Crippen molar-refractivity contribution in [1.82, 2.24) is 0 Å². The highest BCUT2D eigenvalue weighted by Crippen LogP contribution is 2.22. The fraction of sp³-hybridized carbons (Fsp3) is 0.364. The van der Waals surface area contributed by atoms with Crippen LogP contribution in [0.15, 0.2) is 18.2 Å². The van der Waals surface area contributed by atoms with Gasteiger partial charge in [-0.1, -0.05) is 13.8 Å². The summed E-state index contributed by atoms with van der Waals surface area (Å²) in [6, 6.07) is 3.27. The molecule has 5 nitrogen and oxygen atoms in total. The molecule has 0 saturated carbocycles. The van der Waals surface area contributed by atoms with Crippen molar-refractivity contribution in [1.29, 1.82) is 0 Å². The summed E-state index contributed by atoms with van der Waals surface area (Å²) in [6.45, 7) is 3.60. The van der Waals surface area contributed by atoms with Gasteiger partial charge in [0, 0.05) is 17.7 Å². The average Bonchev–Trinajstić information content (AvgIpc) is 2.30. The van der Waals surface area contributed by atoms with Crippen molar-refractivity contribution in [2.45, 2.75) is 20.3 Å². The number of halogens is 1. The lowest BCUT2D eigenvalue weighted by Gasteiger charge is -2.09. The van der Waals surface area contributed by atoms with Crippen LogP contribution in [0, 0.1) is 21.8 Å². The molecule has 1 N–H and O–H groups in total. The fourth-order valence-electron chi connectivity index (χ4n) is 1.18. The molecule has 0 saturated heterocycles. The van der Waals surface area contributed by atoms with E-state index >= 15 is 0 Å². The minimum absolute atomic E-state index is 0.195. The van der Waals surface area contributed by atoms with Crippen molar-refractivity contribution in [3.05, 3.63) is 34.1 Å².